The third-order valence-electron chi connectivity index (χ3n) is 7.23. The van der Waals surface area contributed by atoms with Gasteiger partial charge in [-0.2, -0.15) is 0 Å². The molecule has 0 heterocycles. The van der Waals surface area contributed by atoms with Gasteiger partial charge >= 0.3 is 0 Å². The van der Waals surface area contributed by atoms with Gasteiger partial charge in [0.1, 0.15) is 12.3 Å². The van der Waals surface area contributed by atoms with Crippen LogP contribution in [0.25, 0.3) is 54.9 Å². The summed E-state index contributed by atoms with van der Waals surface area (Å²) in [6, 6.07) is 42.3. The lowest BCUT2D eigenvalue weighted by Crippen LogP contribution is -2.33. The summed E-state index contributed by atoms with van der Waals surface area (Å²) >= 11 is 0. The summed E-state index contributed by atoms with van der Waals surface area (Å²) < 4.78 is 0.766. The van der Waals surface area contributed by atoms with Crippen LogP contribution in [0.1, 0.15) is 5.56 Å². The fourth-order valence-electron chi connectivity index (χ4n) is 5.62. The van der Waals surface area contributed by atoms with Crippen molar-refractivity contribution in [2.24, 2.45) is 0 Å². The summed E-state index contributed by atoms with van der Waals surface area (Å²) in [7, 11) is 6.68. The molecule has 38 heavy (non-hydrogen) atoms. The zero-order valence-corrected chi connectivity index (χ0v) is 22.1. The maximum Gasteiger partial charge on any atom is 0.131 e. The van der Waals surface area contributed by atoms with Gasteiger partial charge in [-0.15, -0.1) is 0 Å². The van der Waals surface area contributed by atoms with Gasteiger partial charge in [0.05, 0.1) is 21.1 Å². The highest BCUT2D eigenvalue weighted by molar-refractivity contribution is 6.12. The highest BCUT2D eigenvalue weighted by Crippen LogP contribution is 2.49. The van der Waals surface area contributed by atoms with Crippen molar-refractivity contribution < 1.29 is 9.59 Å². The maximum atomic E-state index is 12.1. The van der Waals surface area contributed by atoms with Crippen LogP contribution in [0.3, 0.4) is 0 Å². The monoisotopic (exact) mass is 494 g/mol. The first-order valence-corrected chi connectivity index (χ1v) is 13.1. The quantitative estimate of drug-likeness (QED) is 0.237. The Labute approximate surface area is 224 Å². The number of phenols is 1. The molecule has 186 valence electrons. The van der Waals surface area contributed by atoms with E-state index < -0.39 is 0 Å². The molecule has 2 nitrogen and oxygen atoms in total. The van der Waals surface area contributed by atoms with Gasteiger partial charge in [0.25, 0.3) is 0 Å². The number of hydrogen-bond donors (Lipinski definition) is 1. The van der Waals surface area contributed by atoms with Crippen LogP contribution in [-0.4, -0.2) is 30.7 Å². The molecule has 0 atom stereocenters. The Morgan fingerprint density at radius 1 is 0.526 bits per heavy atom. The SMILES string of the molecule is C[N+](C)(C)Cc1c(-c2ccccc2)cc2ccccc2c1-c1c(O)c(-c2ccccc2)cc2ccccc12. The minimum absolute atomic E-state index is 0.327. The Hall–Kier alpha value is -4.40. The van der Waals surface area contributed by atoms with E-state index in [9.17, 15) is 5.11 Å². The zero-order chi connectivity index (χ0) is 26.3. The molecule has 0 aliphatic carbocycles. The normalized spacial score (nSPS) is 11.8. The van der Waals surface area contributed by atoms with Gasteiger partial charge in [-0.05, 0) is 50.4 Å². The fourth-order valence-corrected chi connectivity index (χ4v) is 5.62. The van der Waals surface area contributed by atoms with E-state index in [4.69, 9.17) is 0 Å². The molecule has 0 spiro atoms. The maximum absolute atomic E-state index is 12.1. The zero-order valence-electron chi connectivity index (χ0n) is 22.1. The molecule has 0 fully saturated rings. The van der Waals surface area contributed by atoms with E-state index in [1.807, 2.05) is 18.2 Å². The first-order valence-electron chi connectivity index (χ1n) is 13.1. The Bertz CT molecular complexity index is 1760. The van der Waals surface area contributed by atoms with Crippen molar-refractivity contribution in [3.63, 3.8) is 0 Å². The van der Waals surface area contributed by atoms with Crippen molar-refractivity contribution in [1.29, 1.82) is 0 Å². The van der Waals surface area contributed by atoms with E-state index in [-0.39, 0.29) is 0 Å². The summed E-state index contributed by atoms with van der Waals surface area (Å²) in [4.78, 5) is 0. The minimum atomic E-state index is 0.327. The van der Waals surface area contributed by atoms with Gasteiger partial charge < -0.3 is 9.59 Å². The second-order valence-electron chi connectivity index (χ2n) is 11.0. The molecule has 0 radical (unpaired) electrons. The number of rotatable bonds is 5. The molecular weight excluding hydrogens is 462 g/mol. The smallest absolute Gasteiger partial charge is 0.131 e. The van der Waals surface area contributed by atoms with Crippen LogP contribution in [0.15, 0.2) is 121 Å². The largest absolute Gasteiger partial charge is 0.507 e. The van der Waals surface area contributed by atoms with Gasteiger partial charge in [-0.25, -0.2) is 0 Å². The van der Waals surface area contributed by atoms with Crippen molar-refractivity contribution in [2.45, 2.75) is 6.54 Å². The second kappa shape index (κ2) is 9.48. The third kappa shape index (κ3) is 4.34. The second-order valence-corrected chi connectivity index (χ2v) is 11.0. The van der Waals surface area contributed by atoms with Crippen LogP contribution in [-0.2, 0) is 6.54 Å². The van der Waals surface area contributed by atoms with Crippen LogP contribution in [0, 0.1) is 0 Å². The Morgan fingerprint density at radius 2 is 0.974 bits per heavy atom. The summed E-state index contributed by atoms with van der Waals surface area (Å²) in [5.74, 6) is 0.327. The average molecular weight is 495 g/mol. The first kappa shape index (κ1) is 24.0. The highest BCUT2D eigenvalue weighted by Gasteiger charge is 2.25. The van der Waals surface area contributed by atoms with E-state index in [2.05, 4.69) is 124 Å². The first-order chi connectivity index (χ1) is 18.4. The number of aromatic hydroxyl groups is 1. The van der Waals surface area contributed by atoms with E-state index in [1.165, 1.54) is 22.1 Å². The van der Waals surface area contributed by atoms with Crippen LogP contribution in [0.4, 0.5) is 0 Å². The topological polar surface area (TPSA) is 20.2 Å². The number of phenolic OH excluding ortho intramolecular Hbond substituents is 1. The summed E-state index contributed by atoms with van der Waals surface area (Å²) in [5.41, 5.74) is 7.51. The summed E-state index contributed by atoms with van der Waals surface area (Å²) in [6.07, 6.45) is 0. The molecule has 2 heteroatoms. The average Bonchev–Trinajstić information content (AvgIpc) is 2.93. The minimum Gasteiger partial charge on any atom is -0.507 e. The van der Waals surface area contributed by atoms with Crippen molar-refractivity contribution in [1.82, 2.24) is 0 Å². The standard InChI is InChI=1S/C36H31NO/c1-37(2,3)24-33-31(25-14-6-4-7-15-25)22-27-18-10-12-20-29(27)34(33)35-30-21-13-11-19-28(30)23-32(36(35)38)26-16-8-5-9-17-26/h4-23H,24H2,1-3H3/p+1. The van der Waals surface area contributed by atoms with Crippen molar-refractivity contribution in [3.8, 4) is 39.1 Å². The Balaban J connectivity index is 1.82. The fraction of sp³-hybridized carbons (Fsp3) is 0.111. The van der Waals surface area contributed by atoms with E-state index >= 15 is 0 Å². The molecule has 0 aliphatic heterocycles. The molecule has 0 saturated carbocycles. The van der Waals surface area contributed by atoms with E-state index in [0.717, 1.165) is 49.4 Å². The lowest BCUT2D eigenvalue weighted by atomic mass is 9.83. The molecule has 0 saturated heterocycles. The van der Waals surface area contributed by atoms with E-state index in [1.54, 1.807) is 0 Å². The van der Waals surface area contributed by atoms with Crippen LogP contribution >= 0.6 is 0 Å². The lowest BCUT2D eigenvalue weighted by molar-refractivity contribution is -0.883. The molecule has 1 N–H and O–H groups in total. The Morgan fingerprint density at radius 3 is 1.53 bits per heavy atom. The molecular formula is C36H32NO+. The third-order valence-corrected chi connectivity index (χ3v) is 7.23. The van der Waals surface area contributed by atoms with Gasteiger partial charge in [0.2, 0.25) is 0 Å². The molecule has 6 aromatic rings. The van der Waals surface area contributed by atoms with Crippen LogP contribution < -0.4 is 0 Å². The molecule has 0 aliphatic rings. The van der Waals surface area contributed by atoms with Gasteiger partial charge in [0, 0.05) is 22.3 Å². The lowest BCUT2D eigenvalue weighted by Gasteiger charge is -2.29. The van der Waals surface area contributed by atoms with Gasteiger partial charge in [-0.3, -0.25) is 0 Å². The molecule has 0 amide bonds. The molecule has 6 aromatic carbocycles. The van der Waals surface area contributed by atoms with Gasteiger partial charge in [-0.1, -0.05) is 109 Å². The molecule has 0 bridgehead atoms. The molecule has 0 unspecified atom stereocenters. The number of nitrogens with zero attached hydrogens (tertiary/aromatic N) is 1. The number of hydrogen-bond acceptors (Lipinski definition) is 1. The van der Waals surface area contributed by atoms with Crippen molar-refractivity contribution >= 4 is 21.5 Å². The predicted molar refractivity (Wildman–Crippen MR) is 161 cm³/mol. The highest BCUT2D eigenvalue weighted by atomic mass is 16.3. The number of benzene rings is 6. The number of quaternary nitrogens is 1. The molecule has 6 rings (SSSR count). The summed E-state index contributed by atoms with van der Waals surface area (Å²) in [6.45, 7) is 0.813. The molecule has 0 aromatic heterocycles. The summed E-state index contributed by atoms with van der Waals surface area (Å²) in [5, 5.41) is 16.6. The van der Waals surface area contributed by atoms with Crippen molar-refractivity contribution in [3.05, 3.63) is 127 Å². The number of fused-ring (bicyclic) bond motifs is 2. The van der Waals surface area contributed by atoms with Gasteiger partial charge in [0.15, 0.2) is 0 Å². The van der Waals surface area contributed by atoms with E-state index in [0.29, 0.717) is 5.75 Å². The van der Waals surface area contributed by atoms with Crippen LogP contribution in [0.2, 0.25) is 0 Å². The van der Waals surface area contributed by atoms with Crippen molar-refractivity contribution in [2.75, 3.05) is 21.1 Å². The van der Waals surface area contributed by atoms with Crippen LogP contribution in [0.5, 0.6) is 5.75 Å². The predicted octanol–water partition coefficient (Wildman–Crippen LogP) is 8.91. The Kier molecular flexibility index (Phi) is 5.98.